The zero-order valence-electron chi connectivity index (χ0n) is 13.4. The number of nitrogens with one attached hydrogen (secondary N) is 2. The lowest BCUT2D eigenvalue weighted by atomic mass is 10.1. The zero-order chi connectivity index (χ0) is 16.5. The summed E-state index contributed by atoms with van der Waals surface area (Å²) in [5.41, 5.74) is 3.61. The summed E-state index contributed by atoms with van der Waals surface area (Å²) < 4.78 is 0. The number of rotatable bonds is 8. The monoisotopic (exact) mass is 330 g/mol. The van der Waals surface area contributed by atoms with Gasteiger partial charge in [-0.15, -0.1) is 0 Å². The van der Waals surface area contributed by atoms with Crippen molar-refractivity contribution in [1.82, 2.24) is 10.6 Å². The van der Waals surface area contributed by atoms with E-state index in [9.17, 15) is 4.79 Å². The van der Waals surface area contributed by atoms with Gasteiger partial charge in [0.1, 0.15) is 0 Å². The Bertz CT molecular complexity index is 626. The van der Waals surface area contributed by atoms with E-state index in [2.05, 4.69) is 23.6 Å². The highest BCUT2D eigenvalue weighted by molar-refractivity contribution is 6.30. The summed E-state index contributed by atoms with van der Waals surface area (Å²) in [5.74, 6) is 0.0762. The van der Waals surface area contributed by atoms with Crippen LogP contribution in [-0.2, 0) is 17.8 Å². The number of halogens is 1. The maximum absolute atomic E-state index is 11.8. The molecule has 0 bridgehead atoms. The van der Waals surface area contributed by atoms with Crippen LogP contribution < -0.4 is 10.6 Å². The first kappa shape index (κ1) is 17.5. The number of carbonyl (C=O) groups is 1. The van der Waals surface area contributed by atoms with Crippen molar-refractivity contribution in [2.24, 2.45) is 0 Å². The summed E-state index contributed by atoms with van der Waals surface area (Å²) >= 11 is 5.85. The lowest BCUT2D eigenvalue weighted by molar-refractivity contribution is -0.121. The molecule has 23 heavy (non-hydrogen) atoms. The number of amides is 1. The summed E-state index contributed by atoms with van der Waals surface area (Å²) in [6.45, 7) is 4.19. The molecule has 2 aromatic rings. The fourth-order valence-electron chi connectivity index (χ4n) is 2.30. The molecule has 0 atom stereocenters. The minimum atomic E-state index is 0.0762. The van der Waals surface area contributed by atoms with Crippen LogP contribution in [0.2, 0.25) is 5.02 Å². The van der Waals surface area contributed by atoms with E-state index in [1.807, 2.05) is 42.5 Å². The molecule has 0 aliphatic carbocycles. The quantitative estimate of drug-likeness (QED) is 0.727. The van der Waals surface area contributed by atoms with Crippen LogP contribution in [-0.4, -0.2) is 19.0 Å². The number of carbonyl (C=O) groups excluding carboxylic acids is 1. The number of benzene rings is 2. The third kappa shape index (κ3) is 6.43. The molecule has 0 spiro atoms. The lowest BCUT2D eigenvalue weighted by Crippen LogP contribution is -2.28. The molecule has 4 heteroatoms. The Morgan fingerprint density at radius 2 is 1.78 bits per heavy atom. The van der Waals surface area contributed by atoms with Crippen LogP contribution in [0, 0.1) is 6.92 Å². The van der Waals surface area contributed by atoms with Gasteiger partial charge in [0, 0.05) is 24.5 Å². The highest BCUT2D eigenvalue weighted by Gasteiger charge is 2.02. The SMILES string of the molecule is Cc1ccccc1CNC(=O)CCNCCc1ccc(Cl)cc1. The van der Waals surface area contributed by atoms with Gasteiger partial charge in [-0.3, -0.25) is 4.79 Å². The van der Waals surface area contributed by atoms with Crippen LogP contribution in [0.1, 0.15) is 23.1 Å². The molecule has 0 aliphatic rings. The average Bonchev–Trinajstić information content (AvgIpc) is 2.55. The second kappa shape index (κ2) is 9.33. The maximum Gasteiger partial charge on any atom is 0.221 e. The zero-order valence-corrected chi connectivity index (χ0v) is 14.2. The molecule has 122 valence electrons. The summed E-state index contributed by atoms with van der Waals surface area (Å²) in [5, 5.41) is 7.01. The number of aryl methyl sites for hydroxylation is 1. The van der Waals surface area contributed by atoms with E-state index in [0.29, 0.717) is 19.5 Å². The first-order valence-corrected chi connectivity index (χ1v) is 8.29. The van der Waals surface area contributed by atoms with E-state index in [-0.39, 0.29) is 5.91 Å². The van der Waals surface area contributed by atoms with Gasteiger partial charge in [-0.05, 0) is 48.7 Å². The predicted octanol–water partition coefficient (Wildman–Crippen LogP) is 3.49. The molecule has 0 heterocycles. The molecule has 0 aromatic heterocycles. The van der Waals surface area contributed by atoms with Crippen LogP contribution in [0.5, 0.6) is 0 Å². The Balaban J connectivity index is 1.58. The summed E-state index contributed by atoms with van der Waals surface area (Å²) in [6.07, 6.45) is 1.43. The van der Waals surface area contributed by atoms with Crippen LogP contribution in [0.15, 0.2) is 48.5 Å². The average molecular weight is 331 g/mol. The molecule has 2 N–H and O–H groups in total. The minimum Gasteiger partial charge on any atom is -0.352 e. The molecule has 0 aliphatic heterocycles. The van der Waals surface area contributed by atoms with Gasteiger partial charge in [-0.1, -0.05) is 48.0 Å². The fraction of sp³-hybridized carbons (Fsp3) is 0.316. The first-order chi connectivity index (χ1) is 11.1. The summed E-state index contributed by atoms with van der Waals surface area (Å²) in [7, 11) is 0. The van der Waals surface area contributed by atoms with Gasteiger partial charge in [-0.25, -0.2) is 0 Å². The van der Waals surface area contributed by atoms with Crippen molar-refractivity contribution in [1.29, 1.82) is 0 Å². The molecular weight excluding hydrogens is 308 g/mol. The molecule has 0 saturated carbocycles. The number of hydrogen-bond donors (Lipinski definition) is 2. The normalized spacial score (nSPS) is 10.5. The molecule has 0 saturated heterocycles. The molecule has 0 unspecified atom stereocenters. The van der Waals surface area contributed by atoms with Gasteiger partial charge in [0.15, 0.2) is 0 Å². The van der Waals surface area contributed by atoms with E-state index in [1.165, 1.54) is 11.1 Å². The Labute approximate surface area is 143 Å². The van der Waals surface area contributed by atoms with Crippen LogP contribution in [0.25, 0.3) is 0 Å². The fourth-order valence-corrected chi connectivity index (χ4v) is 2.43. The standard InChI is InChI=1S/C19H23ClN2O/c1-15-4-2-3-5-17(15)14-22-19(23)11-13-21-12-10-16-6-8-18(20)9-7-16/h2-9,21H,10-14H2,1H3,(H,22,23). The van der Waals surface area contributed by atoms with E-state index < -0.39 is 0 Å². The Morgan fingerprint density at radius 3 is 2.52 bits per heavy atom. The topological polar surface area (TPSA) is 41.1 Å². The Morgan fingerprint density at radius 1 is 1.04 bits per heavy atom. The largest absolute Gasteiger partial charge is 0.352 e. The van der Waals surface area contributed by atoms with Crippen molar-refractivity contribution in [2.75, 3.05) is 13.1 Å². The molecule has 2 rings (SSSR count). The van der Waals surface area contributed by atoms with E-state index >= 15 is 0 Å². The van der Waals surface area contributed by atoms with Crippen LogP contribution in [0.3, 0.4) is 0 Å². The van der Waals surface area contributed by atoms with E-state index in [4.69, 9.17) is 11.6 Å². The van der Waals surface area contributed by atoms with Gasteiger partial charge in [0.05, 0.1) is 0 Å². The molecule has 0 fully saturated rings. The maximum atomic E-state index is 11.8. The molecular formula is C19H23ClN2O. The highest BCUT2D eigenvalue weighted by atomic mass is 35.5. The molecule has 1 amide bonds. The van der Waals surface area contributed by atoms with Crippen molar-refractivity contribution in [2.45, 2.75) is 26.3 Å². The molecule has 0 radical (unpaired) electrons. The summed E-state index contributed by atoms with van der Waals surface area (Å²) in [6, 6.07) is 15.9. The third-order valence-electron chi connectivity index (χ3n) is 3.77. The third-order valence-corrected chi connectivity index (χ3v) is 4.02. The van der Waals surface area contributed by atoms with E-state index in [0.717, 1.165) is 23.6 Å². The van der Waals surface area contributed by atoms with Crippen molar-refractivity contribution in [3.8, 4) is 0 Å². The minimum absolute atomic E-state index is 0.0762. The van der Waals surface area contributed by atoms with Crippen LogP contribution in [0.4, 0.5) is 0 Å². The van der Waals surface area contributed by atoms with Crippen molar-refractivity contribution in [3.05, 3.63) is 70.2 Å². The smallest absolute Gasteiger partial charge is 0.221 e. The highest BCUT2D eigenvalue weighted by Crippen LogP contribution is 2.09. The van der Waals surface area contributed by atoms with Crippen molar-refractivity contribution in [3.63, 3.8) is 0 Å². The van der Waals surface area contributed by atoms with Crippen molar-refractivity contribution >= 4 is 17.5 Å². The Kier molecular flexibility index (Phi) is 7.11. The van der Waals surface area contributed by atoms with Crippen molar-refractivity contribution < 1.29 is 4.79 Å². The molecule has 2 aromatic carbocycles. The van der Waals surface area contributed by atoms with Gasteiger partial charge in [0.25, 0.3) is 0 Å². The van der Waals surface area contributed by atoms with Gasteiger partial charge >= 0.3 is 0 Å². The number of hydrogen-bond acceptors (Lipinski definition) is 2. The van der Waals surface area contributed by atoms with Gasteiger partial charge < -0.3 is 10.6 Å². The van der Waals surface area contributed by atoms with Gasteiger partial charge in [0.2, 0.25) is 5.91 Å². The summed E-state index contributed by atoms with van der Waals surface area (Å²) in [4.78, 5) is 11.8. The first-order valence-electron chi connectivity index (χ1n) is 7.91. The van der Waals surface area contributed by atoms with Gasteiger partial charge in [-0.2, -0.15) is 0 Å². The second-order valence-electron chi connectivity index (χ2n) is 5.58. The van der Waals surface area contributed by atoms with E-state index in [1.54, 1.807) is 0 Å². The lowest BCUT2D eigenvalue weighted by Gasteiger charge is -2.08. The predicted molar refractivity (Wildman–Crippen MR) is 95.7 cm³/mol. The second-order valence-corrected chi connectivity index (χ2v) is 6.02. The Hall–Kier alpha value is -1.84. The molecule has 3 nitrogen and oxygen atoms in total. The van der Waals surface area contributed by atoms with Crippen LogP contribution >= 0.6 is 11.6 Å².